The van der Waals surface area contributed by atoms with Crippen molar-refractivity contribution in [2.75, 3.05) is 13.2 Å². The molecule has 0 atom stereocenters. The van der Waals surface area contributed by atoms with Crippen molar-refractivity contribution in [3.05, 3.63) is 35.4 Å². The van der Waals surface area contributed by atoms with Gasteiger partial charge in [0, 0.05) is 18.8 Å². The van der Waals surface area contributed by atoms with E-state index in [1.165, 1.54) is 5.56 Å². The van der Waals surface area contributed by atoms with Crippen LogP contribution >= 0.6 is 0 Å². The summed E-state index contributed by atoms with van der Waals surface area (Å²) in [7, 11) is 0. The second kappa shape index (κ2) is 4.98. The third-order valence-electron chi connectivity index (χ3n) is 3.46. The first-order valence-electron chi connectivity index (χ1n) is 6.16. The van der Waals surface area contributed by atoms with Crippen LogP contribution in [-0.4, -0.2) is 24.5 Å². The van der Waals surface area contributed by atoms with Gasteiger partial charge in [-0.25, -0.2) is 0 Å². The highest BCUT2D eigenvalue weighted by Gasteiger charge is 2.36. The molecule has 1 fully saturated rings. The van der Waals surface area contributed by atoms with Crippen molar-refractivity contribution in [2.45, 2.75) is 31.7 Å². The van der Waals surface area contributed by atoms with Crippen molar-refractivity contribution >= 4 is 5.78 Å². The first kappa shape index (κ1) is 12.3. The Labute approximate surface area is 102 Å². The second-order valence-corrected chi connectivity index (χ2v) is 4.65. The van der Waals surface area contributed by atoms with Gasteiger partial charge >= 0.3 is 0 Å². The van der Waals surface area contributed by atoms with Gasteiger partial charge in [-0.15, -0.1) is 0 Å². The molecule has 0 aliphatic carbocycles. The number of nitrogens with two attached hydrogens (primary N) is 1. The number of carbonyl (C=O) groups is 1. The zero-order valence-electron chi connectivity index (χ0n) is 10.2. The third kappa shape index (κ3) is 2.56. The maximum atomic E-state index is 12.3. The normalized spacial score (nSPS) is 18.9. The minimum absolute atomic E-state index is 0.0449. The zero-order chi connectivity index (χ0) is 12.3. The van der Waals surface area contributed by atoms with Crippen LogP contribution in [0.3, 0.4) is 0 Å². The Morgan fingerprint density at radius 2 is 1.88 bits per heavy atom. The molecule has 0 radical (unpaired) electrons. The van der Waals surface area contributed by atoms with Crippen molar-refractivity contribution in [2.24, 2.45) is 5.73 Å². The molecule has 92 valence electrons. The summed E-state index contributed by atoms with van der Waals surface area (Å²) in [5.74, 6) is 0.0449. The lowest BCUT2D eigenvalue weighted by molar-refractivity contribution is 0.0448. The summed E-state index contributed by atoms with van der Waals surface area (Å²) in [6.45, 7) is 3.25. The summed E-state index contributed by atoms with van der Waals surface area (Å²) in [6.07, 6.45) is 2.21. The van der Waals surface area contributed by atoms with Crippen molar-refractivity contribution in [1.82, 2.24) is 0 Å². The average molecular weight is 233 g/mol. The van der Waals surface area contributed by atoms with Crippen molar-refractivity contribution in [3.8, 4) is 0 Å². The largest absolute Gasteiger partial charge is 0.381 e. The van der Waals surface area contributed by atoms with E-state index in [0.717, 1.165) is 6.42 Å². The Balaban J connectivity index is 2.17. The molecule has 0 aromatic heterocycles. The van der Waals surface area contributed by atoms with E-state index in [9.17, 15) is 4.79 Å². The molecule has 3 heteroatoms. The van der Waals surface area contributed by atoms with Gasteiger partial charge in [0.15, 0.2) is 5.78 Å². The van der Waals surface area contributed by atoms with Gasteiger partial charge in [-0.3, -0.25) is 4.79 Å². The summed E-state index contributed by atoms with van der Waals surface area (Å²) in [5, 5.41) is 0. The zero-order valence-corrected chi connectivity index (χ0v) is 10.2. The van der Waals surface area contributed by atoms with Crippen LogP contribution in [0.15, 0.2) is 24.3 Å². The first-order chi connectivity index (χ1) is 8.15. The highest BCUT2D eigenvalue weighted by atomic mass is 16.5. The van der Waals surface area contributed by atoms with Gasteiger partial charge in [-0.1, -0.05) is 31.2 Å². The highest BCUT2D eigenvalue weighted by molar-refractivity contribution is 6.03. The quantitative estimate of drug-likeness (QED) is 0.812. The molecular weight excluding hydrogens is 214 g/mol. The van der Waals surface area contributed by atoms with Crippen LogP contribution in [-0.2, 0) is 11.2 Å². The number of hydrogen-bond acceptors (Lipinski definition) is 3. The second-order valence-electron chi connectivity index (χ2n) is 4.65. The Bertz CT molecular complexity index is 391. The lowest BCUT2D eigenvalue weighted by Gasteiger charge is -2.31. The van der Waals surface area contributed by atoms with E-state index in [1.54, 1.807) is 0 Å². The number of rotatable bonds is 3. The molecule has 0 bridgehead atoms. The lowest BCUT2D eigenvalue weighted by Crippen LogP contribution is -2.51. The molecule has 1 aliphatic rings. The molecule has 3 nitrogen and oxygen atoms in total. The Kier molecular flexibility index (Phi) is 3.60. The van der Waals surface area contributed by atoms with E-state index in [0.29, 0.717) is 31.6 Å². The van der Waals surface area contributed by atoms with Crippen LogP contribution in [0.4, 0.5) is 0 Å². The fraction of sp³-hybridized carbons (Fsp3) is 0.500. The third-order valence-corrected chi connectivity index (χ3v) is 3.46. The maximum absolute atomic E-state index is 12.3. The van der Waals surface area contributed by atoms with E-state index in [-0.39, 0.29) is 5.78 Å². The minimum Gasteiger partial charge on any atom is -0.381 e. The summed E-state index contributed by atoms with van der Waals surface area (Å²) in [5.41, 5.74) is 7.40. The number of hydrogen-bond donors (Lipinski definition) is 1. The molecule has 0 amide bonds. The molecule has 0 saturated carbocycles. The Morgan fingerprint density at radius 1 is 1.29 bits per heavy atom. The molecule has 1 aromatic rings. The van der Waals surface area contributed by atoms with Gasteiger partial charge in [-0.05, 0) is 24.8 Å². The lowest BCUT2D eigenvalue weighted by atomic mass is 9.83. The van der Waals surface area contributed by atoms with Crippen molar-refractivity contribution in [1.29, 1.82) is 0 Å². The van der Waals surface area contributed by atoms with E-state index in [4.69, 9.17) is 10.5 Å². The smallest absolute Gasteiger partial charge is 0.182 e. The summed E-state index contributed by atoms with van der Waals surface area (Å²) in [6, 6.07) is 7.75. The van der Waals surface area contributed by atoms with Gasteiger partial charge in [0.25, 0.3) is 0 Å². The molecule has 1 aromatic carbocycles. The Morgan fingerprint density at radius 3 is 2.41 bits per heavy atom. The van der Waals surface area contributed by atoms with E-state index in [1.807, 2.05) is 24.3 Å². The van der Waals surface area contributed by atoms with Crippen molar-refractivity contribution in [3.63, 3.8) is 0 Å². The molecule has 0 spiro atoms. The van der Waals surface area contributed by atoms with Crippen LogP contribution in [0, 0.1) is 0 Å². The molecule has 2 N–H and O–H groups in total. The van der Waals surface area contributed by atoms with Crippen LogP contribution in [0.25, 0.3) is 0 Å². The van der Waals surface area contributed by atoms with E-state index < -0.39 is 5.54 Å². The summed E-state index contributed by atoms with van der Waals surface area (Å²) in [4.78, 5) is 12.3. The summed E-state index contributed by atoms with van der Waals surface area (Å²) >= 11 is 0. The fourth-order valence-electron chi connectivity index (χ4n) is 2.14. The maximum Gasteiger partial charge on any atom is 0.182 e. The predicted molar refractivity (Wildman–Crippen MR) is 67.1 cm³/mol. The van der Waals surface area contributed by atoms with Gasteiger partial charge in [0.05, 0.1) is 5.54 Å². The number of ketones is 1. The predicted octanol–water partition coefficient (Wildman–Crippen LogP) is 1.94. The number of carbonyl (C=O) groups excluding carboxylic acids is 1. The van der Waals surface area contributed by atoms with E-state index in [2.05, 4.69) is 6.92 Å². The van der Waals surface area contributed by atoms with Gasteiger partial charge < -0.3 is 10.5 Å². The van der Waals surface area contributed by atoms with Crippen LogP contribution in [0.5, 0.6) is 0 Å². The van der Waals surface area contributed by atoms with Gasteiger partial charge in [0.2, 0.25) is 0 Å². The van der Waals surface area contributed by atoms with Crippen LogP contribution in [0.2, 0.25) is 0 Å². The topological polar surface area (TPSA) is 52.3 Å². The molecule has 1 saturated heterocycles. The van der Waals surface area contributed by atoms with E-state index >= 15 is 0 Å². The molecule has 1 aliphatic heterocycles. The highest BCUT2D eigenvalue weighted by Crippen LogP contribution is 2.23. The van der Waals surface area contributed by atoms with Crippen molar-refractivity contribution < 1.29 is 9.53 Å². The van der Waals surface area contributed by atoms with Crippen LogP contribution in [0.1, 0.15) is 35.7 Å². The molecular formula is C14H19NO2. The fourth-order valence-corrected chi connectivity index (χ4v) is 2.14. The Hall–Kier alpha value is -1.19. The average Bonchev–Trinajstić information content (AvgIpc) is 2.39. The van der Waals surface area contributed by atoms with Gasteiger partial charge in [-0.2, -0.15) is 0 Å². The standard InChI is InChI=1S/C14H19NO2/c1-2-11-3-5-12(6-4-11)13(16)14(15)7-9-17-10-8-14/h3-6H,2,7-10,15H2,1H3. The van der Waals surface area contributed by atoms with Crippen LogP contribution < -0.4 is 5.73 Å². The van der Waals surface area contributed by atoms with Gasteiger partial charge in [0.1, 0.15) is 0 Å². The first-order valence-corrected chi connectivity index (χ1v) is 6.16. The molecule has 0 unspecified atom stereocenters. The molecule has 1 heterocycles. The molecule has 2 rings (SSSR count). The SMILES string of the molecule is CCc1ccc(C(=O)C2(N)CCOCC2)cc1. The minimum atomic E-state index is -0.730. The number of Topliss-reactive ketones (excluding diaryl/α,β-unsaturated/α-hetero) is 1. The number of ether oxygens (including phenoxy) is 1. The molecule has 17 heavy (non-hydrogen) atoms. The number of aryl methyl sites for hydroxylation is 1. The summed E-state index contributed by atoms with van der Waals surface area (Å²) < 4.78 is 5.26. The number of benzene rings is 1. The monoisotopic (exact) mass is 233 g/mol.